The summed E-state index contributed by atoms with van der Waals surface area (Å²) < 4.78 is 7.40. The maximum Gasteiger partial charge on any atom is -0.0134 e. The van der Waals surface area contributed by atoms with Gasteiger partial charge in [-0.25, -0.2) is 19.0 Å². The Kier molecular flexibility index (Phi) is 24.3. The largest absolute Gasteiger partial charge is 0.0622 e. The van der Waals surface area contributed by atoms with E-state index in [-0.39, 0.29) is 15.9 Å². The number of imidazole rings is 2. The molecule has 85 heavy (non-hydrogen) atoms. The van der Waals surface area contributed by atoms with Crippen LogP contribution in [0.4, 0.5) is 0 Å². The Morgan fingerprint density at radius 2 is 0.800 bits per heavy atom. The molecule has 19 heteroatoms. The van der Waals surface area contributed by atoms with E-state index in [4.69, 9.17) is 52.3 Å². The quantitative estimate of drug-likeness (QED) is 0.0893. The molecule has 0 saturated carbocycles. The van der Waals surface area contributed by atoms with Crippen LogP contribution in [0.1, 0.15) is 11.1 Å². The van der Waals surface area contributed by atoms with Crippen molar-refractivity contribution >= 4 is 179 Å². The molecule has 0 aliphatic carbocycles. The van der Waals surface area contributed by atoms with Crippen LogP contribution in [-0.4, -0.2) is 46.4 Å². The number of aryl methyl sites for hydroxylation is 2. The van der Waals surface area contributed by atoms with Crippen molar-refractivity contribution in [3.8, 4) is 10.6 Å². The second-order valence-electron chi connectivity index (χ2n) is 18.5. The van der Waals surface area contributed by atoms with Gasteiger partial charge in [-0.15, -0.1) is 22.7 Å². The van der Waals surface area contributed by atoms with Crippen LogP contribution in [0, 0.1) is 17.5 Å². The molecule has 0 radical (unpaired) electrons. The molecule has 0 bridgehead atoms. The van der Waals surface area contributed by atoms with Gasteiger partial charge in [-0.05, 0) is 143 Å². The van der Waals surface area contributed by atoms with E-state index < -0.39 is 23.0 Å². The molecule has 14 aromatic rings. The van der Waals surface area contributed by atoms with Crippen molar-refractivity contribution in [2.75, 3.05) is 0 Å². The number of hydrogen-bond donors (Lipinski definition) is 2. The van der Waals surface area contributed by atoms with E-state index in [1.165, 1.54) is 64.4 Å². The maximum absolute atomic E-state index is 8.96. The van der Waals surface area contributed by atoms with Gasteiger partial charge in [0.2, 0.25) is 0 Å². The summed E-state index contributed by atoms with van der Waals surface area (Å²) in [7, 11) is 7.39. The number of halogens is 5. The molecule has 0 spiro atoms. The topological polar surface area (TPSA) is 101 Å². The number of hydrogen-bond acceptors (Lipinski definition) is 8. The molecule has 0 unspecified atom stereocenters. The first kappa shape index (κ1) is 63.8. The number of aromatic nitrogens is 6. The van der Waals surface area contributed by atoms with E-state index in [9.17, 15) is 0 Å². The molecule has 0 aliphatic heterocycles. The first-order valence-electron chi connectivity index (χ1n) is 26.2. The third-order valence-electron chi connectivity index (χ3n) is 12.6. The average molecular weight is 1470 g/mol. The summed E-state index contributed by atoms with van der Waals surface area (Å²) in [5.74, 6) is 0. The van der Waals surface area contributed by atoms with Gasteiger partial charge in [0.15, 0.2) is 11.3 Å². The van der Waals surface area contributed by atoms with Crippen molar-refractivity contribution in [1.82, 2.24) is 29.2 Å². The Bertz CT molecular complexity index is 4030. The van der Waals surface area contributed by atoms with E-state index in [2.05, 4.69) is 256 Å². The van der Waals surface area contributed by atoms with E-state index in [0.717, 1.165) is 35.7 Å². The molecule has 8 aromatic carbocycles. The van der Waals surface area contributed by atoms with Crippen molar-refractivity contribution in [1.29, 1.82) is 0 Å². The standard InChI is InChI=1S/2C18H15P.C15H10ClN3S.C9H9BO2S.C6H3ClIN3.2ClH.Pd/c2*1-4-10-16(11-5-1)19(17-12-6-2-7-13-17)18-14-8-3-9-15-18;1-9-2-3-12-10(6-9)7-13(20-12)11-8-17-15-5-4-14(16)18-19(11)15;1-6-2-3-8-7(4-6)5-9(13-8)10(11)12;7-4-1-2-6-9-3-5(8)11(6)10-4;;;/h2*1-15H;2-8H,1H3;2-5,11-12H,1H3;1-3H;2*1H;/q;;;;;;;+2/p-2. The zero-order chi connectivity index (χ0) is 59.5. The summed E-state index contributed by atoms with van der Waals surface area (Å²) in [6.07, 6.45) is 3.59. The van der Waals surface area contributed by atoms with E-state index in [1.54, 1.807) is 38.7 Å². The summed E-state index contributed by atoms with van der Waals surface area (Å²) in [4.78, 5) is 9.61. The van der Waals surface area contributed by atoms with Crippen LogP contribution in [0.2, 0.25) is 10.3 Å². The number of nitrogens with zero attached hydrogens (tertiary/aromatic N) is 6. The normalized spacial score (nSPS) is 10.7. The zero-order valence-corrected chi connectivity index (χ0v) is 55.6. The monoisotopic (exact) mass is 1470 g/mol. The van der Waals surface area contributed by atoms with Crippen LogP contribution in [0.15, 0.2) is 267 Å². The Hall–Kier alpha value is -5.68. The van der Waals surface area contributed by atoms with Gasteiger partial charge in [0.25, 0.3) is 0 Å². The molecule has 0 amide bonds. The molecule has 0 fully saturated rings. The molecule has 2 N–H and O–H groups in total. The van der Waals surface area contributed by atoms with E-state index in [1.807, 2.05) is 49.5 Å². The number of rotatable bonds is 8. The SMILES string of the molecule is Cc1ccc2sc(-c3cnc4ccc(Cl)nn34)cc2c1.Cc1ccc2sc(B(O)O)cc2c1.Clc1ccc2ncc(I)n2n1.[Cl][Pd][Cl].c1ccc(P(c2ccccc2)c2ccccc2)cc1.c1ccc(P(c2ccccc2)c2ccccc2)cc1. The van der Waals surface area contributed by atoms with Gasteiger partial charge in [0.1, 0.15) is 19.7 Å². The third-order valence-corrected chi connectivity index (χ3v) is 20.9. The Labute approximate surface area is 545 Å². The second kappa shape index (κ2) is 32.3. The fourth-order valence-electron chi connectivity index (χ4n) is 8.80. The third kappa shape index (κ3) is 17.7. The molecule has 6 heterocycles. The summed E-state index contributed by atoms with van der Waals surface area (Å²) in [5.41, 5.74) is 5.05. The molecule has 0 saturated heterocycles. The fourth-order valence-corrected chi connectivity index (χ4v) is 16.1. The zero-order valence-electron chi connectivity index (χ0n) is 45.5. The maximum atomic E-state index is 8.96. The van der Waals surface area contributed by atoms with Gasteiger partial charge in [-0.3, -0.25) is 0 Å². The minimum atomic E-state index is -1.35. The number of fused-ring (bicyclic) bond motifs is 4. The minimum Gasteiger partial charge on any atom is -0.0622 e. The first-order chi connectivity index (χ1) is 41.5. The summed E-state index contributed by atoms with van der Waals surface area (Å²) in [5, 5.41) is 38.0. The Balaban J connectivity index is 0.000000128. The van der Waals surface area contributed by atoms with Gasteiger partial charge in [-0.2, -0.15) is 10.2 Å². The molecular weight excluding hydrogens is 1420 g/mol. The van der Waals surface area contributed by atoms with Crippen molar-refractivity contribution < 1.29 is 26.0 Å². The van der Waals surface area contributed by atoms with Crippen LogP contribution >= 0.6 is 103 Å². The summed E-state index contributed by atoms with van der Waals surface area (Å²) >= 11 is 16.9. The molecular formula is C66H52BCl4IN6O2P2PdS2. The van der Waals surface area contributed by atoms with E-state index >= 15 is 0 Å². The molecule has 6 aromatic heterocycles. The molecule has 14 rings (SSSR count). The van der Waals surface area contributed by atoms with Gasteiger partial charge >= 0.3 is 42.1 Å². The van der Waals surface area contributed by atoms with Crippen molar-refractivity contribution in [3.05, 3.63) is 292 Å². The Morgan fingerprint density at radius 3 is 1.20 bits per heavy atom. The van der Waals surface area contributed by atoms with E-state index in [0.29, 0.717) is 15.1 Å². The average Bonchev–Trinajstić information content (AvgIpc) is 4.50. The fraction of sp³-hybridized carbons (Fsp3) is 0.0303. The van der Waals surface area contributed by atoms with Crippen molar-refractivity contribution in [3.63, 3.8) is 0 Å². The molecule has 0 atom stereocenters. The van der Waals surface area contributed by atoms with Gasteiger partial charge in [0, 0.05) is 14.2 Å². The molecule has 428 valence electrons. The second-order valence-corrected chi connectivity index (χ2v) is 29.4. The Morgan fingerprint density at radius 1 is 0.447 bits per heavy atom. The van der Waals surface area contributed by atoms with Crippen LogP contribution in [0.3, 0.4) is 0 Å². The van der Waals surface area contributed by atoms with Gasteiger partial charge in [-0.1, -0.05) is 241 Å². The van der Waals surface area contributed by atoms with Crippen molar-refractivity contribution in [2.45, 2.75) is 13.8 Å². The van der Waals surface area contributed by atoms with Gasteiger partial charge < -0.3 is 10.0 Å². The van der Waals surface area contributed by atoms with Crippen LogP contribution in [-0.2, 0) is 15.9 Å². The molecule has 8 nitrogen and oxygen atoms in total. The number of benzene rings is 8. The predicted molar refractivity (Wildman–Crippen MR) is 373 cm³/mol. The first-order valence-corrected chi connectivity index (χ1v) is 36.4. The predicted octanol–water partition coefficient (Wildman–Crippen LogP) is 15.7. The summed E-state index contributed by atoms with van der Waals surface area (Å²) in [6.45, 7) is 4.12. The van der Waals surface area contributed by atoms with Crippen molar-refractivity contribution in [2.24, 2.45) is 0 Å². The van der Waals surface area contributed by atoms with Crippen LogP contribution in [0.5, 0.6) is 0 Å². The molecule has 0 aliphatic rings. The summed E-state index contributed by atoms with van der Waals surface area (Å²) in [6, 6.07) is 88.4. The van der Waals surface area contributed by atoms with Crippen LogP contribution in [0.25, 0.3) is 42.0 Å². The number of thiophene rings is 2. The minimum absolute atomic E-state index is 0.106. The smallest absolute Gasteiger partial charge is 0.0134 e. The van der Waals surface area contributed by atoms with Gasteiger partial charge in [0.05, 0.1) is 17.3 Å². The van der Waals surface area contributed by atoms with Crippen LogP contribution < -0.4 is 36.6 Å².